The molecule has 0 aromatic carbocycles. The molecule has 0 aliphatic rings. The smallest absolute Gasteiger partial charge is 0.143 e. The van der Waals surface area contributed by atoms with Gasteiger partial charge in [-0.05, 0) is 32.2 Å². The SMILES string of the molecule is CC(=O)CN(Cc1cccs1)C(C)C. The lowest BCUT2D eigenvalue weighted by atomic mass is 10.2. The summed E-state index contributed by atoms with van der Waals surface area (Å²) >= 11 is 1.74. The summed E-state index contributed by atoms with van der Waals surface area (Å²) in [7, 11) is 0. The fourth-order valence-corrected chi connectivity index (χ4v) is 2.04. The van der Waals surface area contributed by atoms with E-state index in [-0.39, 0.29) is 5.78 Å². The molecule has 1 aromatic rings. The van der Waals surface area contributed by atoms with Gasteiger partial charge >= 0.3 is 0 Å². The summed E-state index contributed by atoms with van der Waals surface area (Å²) in [4.78, 5) is 14.6. The molecule has 0 aliphatic heterocycles. The Bertz CT molecular complexity index is 279. The lowest BCUT2D eigenvalue weighted by Gasteiger charge is -2.24. The van der Waals surface area contributed by atoms with Gasteiger partial charge in [0.1, 0.15) is 5.78 Å². The predicted molar refractivity (Wildman–Crippen MR) is 60.5 cm³/mol. The molecule has 1 heterocycles. The molecule has 0 amide bonds. The lowest BCUT2D eigenvalue weighted by molar-refractivity contribution is -0.118. The van der Waals surface area contributed by atoms with Crippen molar-refractivity contribution in [2.45, 2.75) is 33.4 Å². The molecule has 3 heteroatoms. The third-order valence-corrected chi connectivity index (χ3v) is 2.96. The van der Waals surface area contributed by atoms with Crippen LogP contribution in [-0.4, -0.2) is 23.3 Å². The van der Waals surface area contributed by atoms with E-state index >= 15 is 0 Å². The Morgan fingerprint density at radius 1 is 1.57 bits per heavy atom. The van der Waals surface area contributed by atoms with Crippen LogP contribution in [0.4, 0.5) is 0 Å². The number of ketones is 1. The maximum Gasteiger partial charge on any atom is 0.143 e. The van der Waals surface area contributed by atoms with Crippen LogP contribution in [0.3, 0.4) is 0 Å². The van der Waals surface area contributed by atoms with Gasteiger partial charge in [0.25, 0.3) is 0 Å². The Hall–Kier alpha value is -0.670. The van der Waals surface area contributed by atoms with Crippen LogP contribution in [0.15, 0.2) is 17.5 Å². The van der Waals surface area contributed by atoms with Crippen LogP contribution < -0.4 is 0 Å². The molecule has 0 unspecified atom stereocenters. The summed E-state index contributed by atoms with van der Waals surface area (Å²) in [5.74, 6) is 0.232. The Labute approximate surface area is 89.5 Å². The molecule has 78 valence electrons. The van der Waals surface area contributed by atoms with Crippen LogP contribution >= 0.6 is 11.3 Å². The van der Waals surface area contributed by atoms with Crippen LogP contribution in [0, 0.1) is 0 Å². The monoisotopic (exact) mass is 211 g/mol. The van der Waals surface area contributed by atoms with E-state index in [0.29, 0.717) is 12.6 Å². The molecule has 0 saturated heterocycles. The van der Waals surface area contributed by atoms with Gasteiger partial charge in [-0.25, -0.2) is 0 Å². The van der Waals surface area contributed by atoms with Crippen molar-refractivity contribution in [1.29, 1.82) is 0 Å². The predicted octanol–water partition coefficient (Wildman–Crippen LogP) is 2.55. The largest absolute Gasteiger partial charge is 0.299 e. The molecule has 0 fully saturated rings. The molecule has 0 saturated carbocycles. The summed E-state index contributed by atoms with van der Waals surface area (Å²) in [6.07, 6.45) is 0. The van der Waals surface area contributed by atoms with Crippen molar-refractivity contribution < 1.29 is 4.79 Å². The van der Waals surface area contributed by atoms with Crippen molar-refractivity contribution in [3.05, 3.63) is 22.4 Å². The first-order chi connectivity index (χ1) is 6.59. The second kappa shape index (κ2) is 5.27. The molecule has 0 atom stereocenters. The number of Topliss-reactive ketones (excluding diaryl/α,β-unsaturated/α-hetero) is 1. The van der Waals surface area contributed by atoms with Gasteiger partial charge in [-0.1, -0.05) is 6.07 Å². The number of hydrogen-bond acceptors (Lipinski definition) is 3. The van der Waals surface area contributed by atoms with Gasteiger partial charge in [-0.15, -0.1) is 11.3 Å². The highest BCUT2D eigenvalue weighted by Gasteiger charge is 2.12. The molecule has 2 nitrogen and oxygen atoms in total. The highest BCUT2D eigenvalue weighted by molar-refractivity contribution is 7.09. The van der Waals surface area contributed by atoms with Crippen LogP contribution in [-0.2, 0) is 11.3 Å². The lowest BCUT2D eigenvalue weighted by Crippen LogP contribution is -2.34. The van der Waals surface area contributed by atoms with E-state index in [1.807, 2.05) is 6.07 Å². The van der Waals surface area contributed by atoms with E-state index in [1.165, 1.54) is 4.88 Å². The van der Waals surface area contributed by atoms with Crippen molar-refractivity contribution in [3.8, 4) is 0 Å². The Kier molecular flexibility index (Phi) is 4.29. The summed E-state index contributed by atoms with van der Waals surface area (Å²) in [5, 5.41) is 2.07. The van der Waals surface area contributed by atoms with Crippen LogP contribution in [0.25, 0.3) is 0 Å². The standard InChI is InChI=1S/C11H17NOS/c1-9(2)12(7-10(3)13)8-11-5-4-6-14-11/h4-6,9H,7-8H2,1-3H3. The van der Waals surface area contributed by atoms with E-state index < -0.39 is 0 Å². The average molecular weight is 211 g/mol. The van der Waals surface area contributed by atoms with E-state index in [2.05, 4.69) is 30.2 Å². The Balaban J connectivity index is 2.56. The second-order valence-corrected chi connectivity index (χ2v) is 4.81. The molecule has 0 N–H and O–H groups in total. The maximum absolute atomic E-state index is 11.0. The van der Waals surface area contributed by atoms with Gasteiger partial charge in [-0.3, -0.25) is 9.69 Å². The minimum Gasteiger partial charge on any atom is -0.299 e. The molecule has 0 spiro atoms. The number of rotatable bonds is 5. The Morgan fingerprint density at radius 3 is 2.71 bits per heavy atom. The summed E-state index contributed by atoms with van der Waals surface area (Å²) in [5.41, 5.74) is 0. The summed E-state index contributed by atoms with van der Waals surface area (Å²) in [6.45, 7) is 7.32. The number of hydrogen-bond donors (Lipinski definition) is 0. The first kappa shape index (κ1) is 11.4. The molecule has 1 aromatic heterocycles. The zero-order valence-corrected chi connectivity index (χ0v) is 9.80. The fourth-order valence-electron chi connectivity index (χ4n) is 1.31. The zero-order valence-electron chi connectivity index (χ0n) is 8.99. The molecule has 14 heavy (non-hydrogen) atoms. The normalized spacial score (nSPS) is 11.2. The van der Waals surface area contributed by atoms with E-state index in [4.69, 9.17) is 0 Å². The molecular weight excluding hydrogens is 194 g/mol. The van der Waals surface area contributed by atoms with Crippen molar-refractivity contribution in [1.82, 2.24) is 4.90 Å². The van der Waals surface area contributed by atoms with E-state index in [9.17, 15) is 4.79 Å². The van der Waals surface area contributed by atoms with E-state index in [1.54, 1.807) is 18.3 Å². The quantitative estimate of drug-likeness (QED) is 0.746. The molecular formula is C11H17NOS. The Morgan fingerprint density at radius 2 is 2.29 bits per heavy atom. The third kappa shape index (κ3) is 3.60. The van der Waals surface area contributed by atoms with Crippen molar-refractivity contribution in [3.63, 3.8) is 0 Å². The zero-order chi connectivity index (χ0) is 10.6. The number of nitrogens with zero attached hydrogens (tertiary/aromatic N) is 1. The topological polar surface area (TPSA) is 20.3 Å². The first-order valence-electron chi connectivity index (χ1n) is 4.85. The molecule has 0 bridgehead atoms. The van der Waals surface area contributed by atoms with Crippen molar-refractivity contribution in [2.75, 3.05) is 6.54 Å². The van der Waals surface area contributed by atoms with Gasteiger partial charge in [0.2, 0.25) is 0 Å². The minimum absolute atomic E-state index is 0.232. The maximum atomic E-state index is 11.0. The number of carbonyl (C=O) groups excluding carboxylic acids is 1. The van der Waals surface area contributed by atoms with Gasteiger partial charge in [-0.2, -0.15) is 0 Å². The van der Waals surface area contributed by atoms with Crippen molar-refractivity contribution in [2.24, 2.45) is 0 Å². The van der Waals surface area contributed by atoms with Gasteiger partial charge < -0.3 is 0 Å². The molecule has 0 radical (unpaired) electrons. The van der Waals surface area contributed by atoms with Crippen LogP contribution in [0.5, 0.6) is 0 Å². The molecule has 0 aliphatic carbocycles. The minimum atomic E-state index is 0.232. The van der Waals surface area contributed by atoms with Gasteiger partial charge in [0, 0.05) is 17.5 Å². The highest BCUT2D eigenvalue weighted by Crippen LogP contribution is 2.13. The summed E-state index contributed by atoms with van der Waals surface area (Å²) in [6, 6.07) is 4.58. The van der Waals surface area contributed by atoms with Gasteiger partial charge in [0.05, 0.1) is 6.54 Å². The van der Waals surface area contributed by atoms with Crippen LogP contribution in [0.1, 0.15) is 25.6 Å². The van der Waals surface area contributed by atoms with E-state index in [0.717, 1.165) is 6.54 Å². The number of thiophene rings is 1. The van der Waals surface area contributed by atoms with Gasteiger partial charge in [0.15, 0.2) is 0 Å². The highest BCUT2D eigenvalue weighted by atomic mass is 32.1. The second-order valence-electron chi connectivity index (χ2n) is 3.78. The third-order valence-electron chi connectivity index (χ3n) is 2.10. The van der Waals surface area contributed by atoms with Crippen LogP contribution in [0.2, 0.25) is 0 Å². The fraction of sp³-hybridized carbons (Fsp3) is 0.545. The first-order valence-corrected chi connectivity index (χ1v) is 5.73. The molecule has 1 rings (SSSR count). The average Bonchev–Trinajstić information content (AvgIpc) is 2.54. The van der Waals surface area contributed by atoms with Crippen molar-refractivity contribution >= 4 is 17.1 Å². The number of carbonyl (C=O) groups is 1. The summed E-state index contributed by atoms with van der Waals surface area (Å²) < 4.78 is 0.